The van der Waals surface area contributed by atoms with Crippen LogP contribution in [-0.2, 0) is 6.54 Å². The van der Waals surface area contributed by atoms with Crippen LogP contribution in [0.1, 0.15) is 5.56 Å². The highest BCUT2D eigenvalue weighted by Crippen LogP contribution is 2.25. The van der Waals surface area contributed by atoms with E-state index in [4.69, 9.17) is 5.73 Å². The van der Waals surface area contributed by atoms with Crippen LogP contribution < -0.4 is 11.1 Å². The summed E-state index contributed by atoms with van der Waals surface area (Å²) in [5.41, 5.74) is 6.52. The van der Waals surface area contributed by atoms with Crippen molar-refractivity contribution in [1.82, 2.24) is 0 Å². The second-order valence-electron chi connectivity index (χ2n) is 4.27. The van der Waals surface area contributed by atoms with Crippen molar-refractivity contribution in [3.63, 3.8) is 0 Å². The van der Waals surface area contributed by atoms with Crippen LogP contribution in [0.5, 0.6) is 0 Å². The minimum Gasteiger partial charge on any atom is -0.393 e. The number of rotatable bonds is 5. The molecule has 0 aliphatic rings. The molecular weight excluding hydrogens is 276 g/mol. The molecule has 0 aromatic heterocycles. The summed E-state index contributed by atoms with van der Waals surface area (Å²) in [5, 5.41) is 24.5. The van der Waals surface area contributed by atoms with E-state index >= 15 is 0 Å². The third-order valence-corrected chi connectivity index (χ3v) is 2.90. The van der Waals surface area contributed by atoms with Gasteiger partial charge in [-0.1, -0.05) is 18.2 Å². The third-order valence-electron chi connectivity index (χ3n) is 2.90. The lowest BCUT2D eigenvalue weighted by Crippen LogP contribution is -2.04. The first-order chi connectivity index (χ1) is 9.99. The molecule has 108 valence electrons. The molecule has 0 unspecified atom stereocenters. The van der Waals surface area contributed by atoms with Gasteiger partial charge in [0.25, 0.3) is 11.4 Å². The van der Waals surface area contributed by atoms with Gasteiger partial charge in [-0.25, -0.2) is 0 Å². The van der Waals surface area contributed by atoms with Gasteiger partial charge in [-0.2, -0.15) is 0 Å². The number of para-hydroxylation sites is 1. The zero-order valence-corrected chi connectivity index (χ0v) is 10.9. The van der Waals surface area contributed by atoms with Crippen LogP contribution in [0.15, 0.2) is 42.5 Å². The fraction of sp³-hybridized carbons (Fsp3) is 0.0769. The van der Waals surface area contributed by atoms with Crippen LogP contribution in [0, 0.1) is 20.2 Å². The number of nitrogens with one attached hydrogen (secondary N) is 1. The summed E-state index contributed by atoms with van der Waals surface area (Å²) in [6, 6.07) is 10.6. The Balaban J connectivity index is 2.16. The van der Waals surface area contributed by atoms with Crippen LogP contribution in [0.2, 0.25) is 0 Å². The van der Waals surface area contributed by atoms with E-state index in [-0.39, 0.29) is 23.6 Å². The quantitative estimate of drug-likeness (QED) is 0.495. The van der Waals surface area contributed by atoms with Gasteiger partial charge >= 0.3 is 0 Å². The molecule has 0 heterocycles. The molecule has 8 heteroatoms. The molecule has 8 nitrogen and oxygen atoms in total. The summed E-state index contributed by atoms with van der Waals surface area (Å²) in [6.45, 7) is 0.217. The molecule has 2 aromatic rings. The maximum atomic E-state index is 10.9. The highest BCUT2D eigenvalue weighted by molar-refractivity contribution is 5.66. The SMILES string of the molecule is Nc1cc(NCc2ccccc2[N+](=O)[O-])ccc1[N+](=O)[O-]. The Morgan fingerprint density at radius 1 is 1.00 bits per heavy atom. The number of hydrogen-bond donors (Lipinski definition) is 2. The number of benzene rings is 2. The van der Waals surface area contributed by atoms with E-state index < -0.39 is 9.85 Å². The minimum atomic E-state index is -0.568. The molecule has 0 amide bonds. The summed E-state index contributed by atoms with van der Waals surface area (Å²) in [5.74, 6) is 0. The molecule has 0 bridgehead atoms. The number of nitrogens with zero attached hydrogens (tertiary/aromatic N) is 2. The molecule has 21 heavy (non-hydrogen) atoms. The van der Waals surface area contributed by atoms with Crippen molar-refractivity contribution in [3.8, 4) is 0 Å². The maximum absolute atomic E-state index is 10.9. The second kappa shape index (κ2) is 5.87. The highest BCUT2D eigenvalue weighted by Gasteiger charge is 2.13. The van der Waals surface area contributed by atoms with Gasteiger partial charge in [-0.05, 0) is 12.1 Å². The van der Waals surface area contributed by atoms with Gasteiger partial charge < -0.3 is 11.1 Å². The molecule has 0 fully saturated rings. The average Bonchev–Trinajstić information content (AvgIpc) is 2.45. The van der Waals surface area contributed by atoms with E-state index in [1.165, 1.54) is 24.3 Å². The van der Waals surface area contributed by atoms with Crippen molar-refractivity contribution in [2.24, 2.45) is 0 Å². The van der Waals surface area contributed by atoms with E-state index in [9.17, 15) is 20.2 Å². The van der Waals surface area contributed by atoms with Crippen molar-refractivity contribution in [1.29, 1.82) is 0 Å². The monoisotopic (exact) mass is 288 g/mol. The van der Waals surface area contributed by atoms with Crippen molar-refractivity contribution in [3.05, 3.63) is 68.3 Å². The number of nitro benzene ring substituents is 2. The van der Waals surface area contributed by atoms with Gasteiger partial charge in [0.05, 0.1) is 9.85 Å². The molecule has 0 spiro atoms. The number of anilines is 2. The molecule has 0 saturated heterocycles. The summed E-state index contributed by atoms with van der Waals surface area (Å²) < 4.78 is 0. The molecule has 0 radical (unpaired) electrons. The third kappa shape index (κ3) is 3.24. The van der Waals surface area contributed by atoms with Crippen LogP contribution in [0.25, 0.3) is 0 Å². The van der Waals surface area contributed by atoms with Crippen molar-refractivity contribution in [2.45, 2.75) is 6.54 Å². The summed E-state index contributed by atoms with van der Waals surface area (Å²) in [4.78, 5) is 20.5. The zero-order chi connectivity index (χ0) is 15.4. The number of nitrogen functional groups attached to an aromatic ring is 1. The van der Waals surface area contributed by atoms with E-state index in [2.05, 4.69) is 5.32 Å². The van der Waals surface area contributed by atoms with Gasteiger partial charge in [0, 0.05) is 29.9 Å². The van der Waals surface area contributed by atoms with Crippen molar-refractivity contribution in [2.75, 3.05) is 11.1 Å². The predicted octanol–water partition coefficient (Wildman–Crippen LogP) is 2.70. The van der Waals surface area contributed by atoms with Gasteiger partial charge in [-0.15, -0.1) is 0 Å². The first kappa shape index (κ1) is 14.3. The van der Waals surface area contributed by atoms with Gasteiger partial charge in [0.1, 0.15) is 5.69 Å². The first-order valence-electron chi connectivity index (χ1n) is 5.99. The maximum Gasteiger partial charge on any atom is 0.292 e. The van der Waals surface area contributed by atoms with Crippen molar-refractivity contribution < 1.29 is 9.85 Å². The highest BCUT2D eigenvalue weighted by atomic mass is 16.6. The van der Waals surface area contributed by atoms with Crippen LogP contribution >= 0.6 is 0 Å². The van der Waals surface area contributed by atoms with Crippen molar-refractivity contribution >= 4 is 22.7 Å². The molecule has 3 N–H and O–H groups in total. The molecular formula is C13H12N4O4. The standard InChI is InChI=1S/C13H12N4O4/c14-11-7-10(5-6-13(11)17(20)21)15-8-9-3-1-2-4-12(9)16(18)19/h1-7,15H,8,14H2. The molecule has 2 rings (SSSR count). The number of nitro groups is 2. The van der Waals surface area contributed by atoms with E-state index in [0.29, 0.717) is 11.3 Å². The second-order valence-corrected chi connectivity index (χ2v) is 4.27. The molecule has 2 aromatic carbocycles. The Hall–Kier alpha value is -3.16. The summed E-state index contributed by atoms with van der Waals surface area (Å²) in [7, 11) is 0. The van der Waals surface area contributed by atoms with Crippen LogP contribution in [0.3, 0.4) is 0 Å². The van der Waals surface area contributed by atoms with E-state index in [1.54, 1.807) is 18.2 Å². The summed E-state index contributed by atoms with van der Waals surface area (Å²) in [6.07, 6.45) is 0. The van der Waals surface area contributed by atoms with Crippen LogP contribution in [-0.4, -0.2) is 9.85 Å². The average molecular weight is 288 g/mol. The Morgan fingerprint density at radius 3 is 2.29 bits per heavy atom. The largest absolute Gasteiger partial charge is 0.393 e. The smallest absolute Gasteiger partial charge is 0.292 e. The Kier molecular flexibility index (Phi) is 3.98. The topological polar surface area (TPSA) is 124 Å². The van der Waals surface area contributed by atoms with E-state index in [1.807, 2.05) is 0 Å². The summed E-state index contributed by atoms with van der Waals surface area (Å²) >= 11 is 0. The molecule has 0 aliphatic carbocycles. The number of hydrogen-bond acceptors (Lipinski definition) is 6. The first-order valence-corrected chi connectivity index (χ1v) is 5.99. The lowest BCUT2D eigenvalue weighted by molar-refractivity contribution is -0.385. The fourth-order valence-electron chi connectivity index (χ4n) is 1.87. The van der Waals surface area contributed by atoms with Gasteiger partial charge in [0.15, 0.2) is 0 Å². The minimum absolute atomic E-state index is 0.0138. The zero-order valence-electron chi connectivity index (χ0n) is 10.9. The lowest BCUT2D eigenvalue weighted by atomic mass is 10.1. The molecule has 0 atom stereocenters. The van der Waals surface area contributed by atoms with Crippen LogP contribution in [0.4, 0.5) is 22.7 Å². The lowest BCUT2D eigenvalue weighted by Gasteiger charge is -2.08. The predicted molar refractivity (Wildman–Crippen MR) is 77.9 cm³/mol. The van der Waals surface area contributed by atoms with Gasteiger partial charge in [0.2, 0.25) is 0 Å². The fourth-order valence-corrected chi connectivity index (χ4v) is 1.87. The molecule has 0 aliphatic heterocycles. The Labute approximate surface area is 119 Å². The number of nitrogens with two attached hydrogens (primary N) is 1. The normalized spacial score (nSPS) is 10.1. The van der Waals surface area contributed by atoms with Gasteiger partial charge in [-0.3, -0.25) is 20.2 Å². The molecule has 0 saturated carbocycles. The van der Waals surface area contributed by atoms with E-state index in [0.717, 1.165) is 0 Å². The Morgan fingerprint density at radius 2 is 1.67 bits per heavy atom. The Bertz CT molecular complexity index is 702.